The second kappa shape index (κ2) is 5.82. The minimum atomic E-state index is -0.657. The third-order valence-corrected chi connectivity index (χ3v) is 3.95. The molecule has 22 heavy (non-hydrogen) atoms. The molecule has 0 spiro atoms. The van der Waals surface area contributed by atoms with Crippen LogP contribution in [0.2, 0.25) is 5.02 Å². The number of nitrogens with zero attached hydrogens (tertiary/aromatic N) is 3. The van der Waals surface area contributed by atoms with E-state index in [0.29, 0.717) is 10.4 Å². The lowest BCUT2D eigenvalue weighted by Crippen LogP contribution is -2.03. The summed E-state index contributed by atoms with van der Waals surface area (Å²) in [5, 5.41) is 7.68. The first-order valence-electron chi connectivity index (χ1n) is 5.93. The Morgan fingerprint density at radius 3 is 3.00 bits per heavy atom. The van der Waals surface area contributed by atoms with E-state index < -0.39 is 11.8 Å². The number of hydrogen-bond acceptors (Lipinski definition) is 7. The van der Waals surface area contributed by atoms with Gasteiger partial charge in [0.15, 0.2) is 5.69 Å². The van der Waals surface area contributed by atoms with E-state index in [1.165, 1.54) is 31.6 Å². The molecule has 0 aliphatic carbocycles. The van der Waals surface area contributed by atoms with Crippen molar-refractivity contribution in [1.29, 1.82) is 0 Å². The van der Waals surface area contributed by atoms with Crippen LogP contribution in [0.1, 0.15) is 10.5 Å². The number of hydrogen-bond donors (Lipinski definition) is 0. The highest BCUT2D eigenvalue weighted by molar-refractivity contribution is 7.09. The maximum atomic E-state index is 14.1. The molecule has 3 rings (SSSR count). The van der Waals surface area contributed by atoms with Gasteiger partial charge >= 0.3 is 5.97 Å². The Hall–Kier alpha value is -2.32. The van der Waals surface area contributed by atoms with Gasteiger partial charge in [0.25, 0.3) is 0 Å². The van der Waals surface area contributed by atoms with Crippen molar-refractivity contribution < 1.29 is 18.4 Å². The van der Waals surface area contributed by atoms with Gasteiger partial charge in [-0.3, -0.25) is 0 Å². The van der Waals surface area contributed by atoms with Gasteiger partial charge in [0.1, 0.15) is 17.8 Å². The maximum absolute atomic E-state index is 14.1. The van der Waals surface area contributed by atoms with Crippen molar-refractivity contribution in [2.45, 2.75) is 0 Å². The summed E-state index contributed by atoms with van der Waals surface area (Å²) < 4.78 is 27.4. The molecule has 3 aromatic rings. The number of ether oxygens (including phenoxy) is 1. The lowest BCUT2D eigenvalue weighted by atomic mass is 10.1. The van der Waals surface area contributed by atoms with E-state index in [0.717, 1.165) is 11.5 Å². The van der Waals surface area contributed by atoms with Gasteiger partial charge in [0, 0.05) is 0 Å². The molecule has 0 bridgehead atoms. The Morgan fingerprint density at radius 1 is 1.45 bits per heavy atom. The fourth-order valence-corrected chi connectivity index (χ4v) is 2.81. The second-order valence-electron chi connectivity index (χ2n) is 4.12. The van der Waals surface area contributed by atoms with Gasteiger partial charge in [-0.2, -0.15) is 0 Å². The molecular formula is C13H7ClFN3O3S. The topological polar surface area (TPSA) is 78.1 Å². The number of methoxy groups -OCH3 is 1. The first-order valence-corrected chi connectivity index (χ1v) is 7.08. The highest BCUT2D eigenvalue weighted by Crippen LogP contribution is 2.38. The van der Waals surface area contributed by atoms with Gasteiger partial charge in [-0.15, -0.1) is 5.10 Å². The largest absolute Gasteiger partial charge is 0.464 e. The molecule has 0 N–H and O–H groups in total. The molecule has 112 valence electrons. The van der Waals surface area contributed by atoms with Gasteiger partial charge in [-0.05, 0) is 23.7 Å². The van der Waals surface area contributed by atoms with Gasteiger partial charge in [0.05, 0.1) is 28.1 Å². The molecule has 0 fully saturated rings. The molecule has 0 aliphatic heterocycles. The fourth-order valence-electron chi connectivity index (χ4n) is 1.90. The normalized spacial score (nSPS) is 10.7. The summed E-state index contributed by atoms with van der Waals surface area (Å²) in [7, 11) is 1.23. The van der Waals surface area contributed by atoms with Crippen molar-refractivity contribution in [3.05, 3.63) is 41.0 Å². The minimum Gasteiger partial charge on any atom is -0.464 e. The minimum absolute atomic E-state index is 0.00408. The average Bonchev–Trinajstić information content (AvgIpc) is 3.14. The Labute approximate surface area is 132 Å². The Kier molecular flexibility index (Phi) is 3.86. The van der Waals surface area contributed by atoms with Gasteiger partial charge in [0.2, 0.25) is 0 Å². The third kappa shape index (κ3) is 2.36. The Bertz CT molecular complexity index is 828. The summed E-state index contributed by atoms with van der Waals surface area (Å²) in [6.07, 6.45) is 1.28. The zero-order valence-electron chi connectivity index (χ0n) is 11.0. The lowest BCUT2D eigenvalue weighted by Gasteiger charge is -2.04. The zero-order chi connectivity index (χ0) is 15.7. The smallest absolute Gasteiger partial charge is 0.360 e. The number of carbonyl (C=O) groups is 1. The Morgan fingerprint density at radius 2 is 2.27 bits per heavy atom. The van der Waals surface area contributed by atoms with E-state index in [4.69, 9.17) is 16.1 Å². The molecule has 1 aromatic carbocycles. The van der Waals surface area contributed by atoms with Crippen LogP contribution in [0.4, 0.5) is 4.39 Å². The highest BCUT2D eigenvalue weighted by atomic mass is 35.5. The van der Waals surface area contributed by atoms with Crippen LogP contribution < -0.4 is 0 Å². The van der Waals surface area contributed by atoms with Crippen molar-refractivity contribution >= 4 is 29.1 Å². The van der Waals surface area contributed by atoms with Crippen LogP contribution in [-0.2, 0) is 4.74 Å². The molecule has 0 aliphatic rings. The van der Waals surface area contributed by atoms with Crippen LogP contribution in [0.25, 0.3) is 21.7 Å². The molecular weight excluding hydrogens is 333 g/mol. The summed E-state index contributed by atoms with van der Waals surface area (Å²) in [5.41, 5.74) is 0.614. The van der Waals surface area contributed by atoms with E-state index in [1.807, 2.05) is 0 Å². The van der Waals surface area contributed by atoms with Crippen molar-refractivity contribution in [3.8, 4) is 21.7 Å². The number of aromatic nitrogens is 3. The second-order valence-corrected chi connectivity index (χ2v) is 5.28. The molecule has 0 unspecified atom stereocenters. The molecule has 2 heterocycles. The van der Waals surface area contributed by atoms with Gasteiger partial charge in [-0.25, -0.2) is 9.18 Å². The molecule has 0 radical (unpaired) electrons. The van der Waals surface area contributed by atoms with Crippen LogP contribution in [-0.4, -0.2) is 27.8 Å². The molecule has 9 heteroatoms. The van der Waals surface area contributed by atoms with Crippen molar-refractivity contribution in [1.82, 2.24) is 14.7 Å². The molecule has 0 amide bonds. The number of esters is 1. The summed E-state index contributed by atoms with van der Waals surface area (Å²) in [5.74, 6) is -1.21. The summed E-state index contributed by atoms with van der Waals surface area (Å²) in [4.78, 5) is 12.1. The molecule has 2 aromatic heterocycles. The zero-order valence-corrected chi connectivity index (χ0v) is 12.6. The van der Waals surface area contributed by atoms with Crippen molar-refractivity contribution in [2.75, 3.05) is 7.11 Å². The van der Waals surface area contributed by atoms with Crippen LogP contribution in [0, 0.1) is 5.82 Å². The van der Waals surface area contributed by atoms with Crippen LogP contribution in [0.15, 0.2) is 29.0 Å². The number of carbonyl (C=O) groups excluding carboxylic acids is 1. The van der Waals surface area contributed by atoms with Crippen LogP contribution in [0.3, 0.4) is 0 Å². The fraction of sp³-hybridized carbons (Fsp3) is 0.0769. The molecule has 6 nitrogen and oxygen atoms in total. The number of benzene rings is 1. The van der Waals surface area contributed by atoms with Crippen LogP contribution >= 0.6 is 23.1 Å². The Balaban J connectivity index is 2.19. The van der Waals surface area contributed by atoms with Crippen molar-refractivity contribution in [3.63, 3.8) is 0 Å². The standard InChI is InChI=1S/C13H7ClFN3O3S/c1-20-13(19)11-12(22-18-16-11)6-5-21-17-10(6)9-7(14)3-2-4-8(9)15/h2-5H,1H3. The van der Waals surface area contributed by atoms with E-state index in [-0.39, 0.29) is 22.0 Å². The summed E-state index contributed by atoms with van der Waals surface area (Å²) in [6.45, 7) is 0. The molecule has 0 saturated carbocycles. The average molecular weight is 340 g/mol. The summed E-state index contributed by atoms with van der Waals surface area (Å²) >= 11 is 6.99. The molecule has 0 saturated heterocycles. The molecule has 0 atom stereocenters. The van der Waals surface area contributed by atoms with Crippen LogP contribution in [0.5, 0.6) is 0 Å². The predicted octanol–water partition coefficient (Wildman–Crippen LogP) is 3.44. The monoisotopic (exact) mass is 339 g/mol. The maximum Gasteiger partial charge on any atom is 0.360 e. The van der Waals surface area contributed by atoms with E-state index in [9.17, 15) is 9.18 Å². The summed E-state index contributed by atoms with van der Waals surface area (Å²) in [6, 6.07) is 4.27. The quantitative estimate of drug-likeness (QED) is 0.680. The predicted molar refractivity (Wildman–Crippen MR) is 77.1 cm³/mol. The van der Waals surface area contributed by atoms with Crippen molar-refractivity contribution in [2.24, 2.45) is 0 Å². The van der Waals surface area contributed by atoms with Gasteiger partial charge in [-0.1, -0.05) is 27.3 Å². The van der Waals surface area contributed by atoms with E-state index in [1.54, 1.807) is 0 Å². The third-order valence-electron chi connectivity index (χ3n) is 2.88. The number of rotatable bonds is 3. The number of halogens is 2. The first-order chi connectivity index (χ1) is 10.6. The highest BCUT2D eigenvalue weighted by Gasteiger charge is 2.25. The van der Waals surface area contributed by atoms with E-state index in [2.05, 4.69) is 19.5 Å². The first kappa shape index (κ1) is 14.6. The lowest BCUT2D eigenvalue weighted by molar-refractivity contribution is 0.0595. The van der Waals surface area contributed by atoms with E-state index >= 15 is 0 Å². The van der Waals surface area contributed by atoms with Gasteiger partial charge < -0.3 is 9.26 Å². The SMILES string of the molecule is COC(=O)c1nnsc1-c1conc1-c1c(F)cccc1Cl.